The largest absolute Gasteiger partial charge is 0.508 e. The Bertz CT molecular complexity index is 614. The molecule has 0 aromatic heterocycles. The van der Waals surface area contributed by atoms with Crippen molar-refractivity contribution in [2.24, 2.45) is 0 Å². The molecule has 124 valence electrons. The first-order valence-corrected chi connectivity index (χ1v) is 8.54. The van der Waals surface area contributed by atoms with Crippen molar-refractivity contribution >= 4 is 0 Å². The van der Waals surface area contributed by atoms with E-state index in [4.69, 9.17) is 0 Å². The molecule has 0 unspecified atom stereocenters. The number of hydrogen-bond donors (Lipinski definition) is 2. The first kappa shape index (κ1) is 17.4. The van der Waals surface area contributed by atoms with Crippen LogP contribution in [0.25, 0.3) is 0 Å². The highest BCUT2D eigenvalue weighted by Gasteiger charge is 2.28. The van der Waals surface area contributed by atoms with Crippen molar-refractivity contribution in [1.29, 1.82) is 0 Å². The molecule has 0 atom stereocenters. The maximum Gasteiger partial charge on any atom is 0.115 e. The second-order valence-corrected chi connectivity index (χ2v) is 6.81. The van der Waals surface area contributed by atoms with Crippen LogP contribution in [0.15, 0.2) is 36.4 Å². The van der Waals surface area contributed by atoms with Crippen LogP contribution >= 0.6 is 0 Å². The molecule has 0 radical (unpaired) electrons. The standard InChI is InChI=1S/C21H28O2/c1-5-7-15-13-17(22)9-11-19(15)21(3,4)20-12-10-18(23)14-16(20)8-6-2/h9-14,22-23H,5-8H2,1-4H3. The summed E-state index contributed by atoms with van der Waals surface area (Å²) >= 11 is 0. The van der Waals surface area contributed by atoms with Crippen LogP contribution in [0.3, 0.4) is 0 Å². The van der Waals surface area contributed by atoms with Crippen molar-refractivity contribution in [2.75, 3.05) is 0 Å². The minimum Gasteiger partial charge on any atom is -0.508 e. The lowest BCUT2D eigenvalue weighted by molar-refractivity contribution is 0.472. The normalized spacial score (nSPS) is 11.7. The third-order valence-corrected chi connectivity index (χ3v) is 4.56. The molecule has 2 rings (SSSR count). The minimum atomic E-state index is -0.170. The van der Waals surface area contributed by atoms with Gasteiger partial charge in [-0.15, -0.1) is 0 Å². The predicted octanol–water partition coefficient (Wildman–Crippen LogP) is 5.33. The fourth-order valence-electron chi connectivity index (χ4n) is 3.48. The Morgan fingerprint density at radius 2 is 1.13 bits per heavy atom. The van der Waals surface area contributed by atoms with Gasteiger partial charge >= 0.3 is 0 Å². The lowest BCUT2D eigenvalue weighted by Crippen LogP contribution is -2.23. The van der Waals surface area contributed by atoms with E-state index in [1.54, 1.807) is 12.1 Å². The Labute approximate surface area is 139 Å². The molecule has 23 heavy (non-hydrogen) atoms. The summed E-state index contributed by atoms with van der Waals surface area (Å²) in [6.07, 6.45) is 4.00. The molecule has 0 aliphatic heterocycles. The molecule has 2 N–H and O–H groups in total. The van der Waals surface area contributed by atoms with Gasteiger partial charge in [-0.25, -0.2) is 0 Å². The second-order valence-electron chi connectivity index (χ2n) is 6.81. The molecule has 2 aromatic carbocycles. The molecule has 0 bridgehead atoms. The van der Waals surface area contributed by atoms with Gasteiger partial charge in [0.05, 0.1) is 0 Å². The molecule has 0 saturated heterocycles. The van der Waals surface area contributed by atoms with Gasteiger partial charge in [0.25, 0.3) is 0 Å². The van der Waals surface area contributed by atoms with Gasteiger partial charge in [-0.1, -0.05) is 52.7 Å². The topological polar surface area (TPSA) is 40.5 Å². The molecule has 0 amide bonds. The van der Waals surface area contributed by atoms with Crippen molar-refractivity contribution in [3.8, 4) is 11.5 Å². The predicted molar refractivity (Wildman–Crippen MR) is 96.3 cm³/mol. The number of phenols is 2. The van der Waals surface area contributed by atoms with Crippen molar-refractivity contribution in [3.63, 3.8) is 0 Å². The third kappa shape index (κ3) is 3.69. The lowest BCUT2D eigenvalue weighted by atomic mass is 9.73. The summed E-state index contributed by atoms with van der Waals surface area (Å²) in [5.41, 5.74) is 4.73. The molecular weight excluding hydrogens is 284 g/mol. The number of hydrogen-bond acceptors (Lipinski definition) is 2. The van der Waals surface area contributed by atoms with Crippen LogP contribution in [-0.2, 0) is 18.3 Å². The third-order valence-electron chi connectivity index (χ3n) is 4.56. The minimum absolute atomic E-state index is 0.170. The monoisotopic (exact) mass is 312 g/mol. The van der Waals surface area contributed by atoms with Gasteiger partial charge < -0.3 is 10.2 Å². The summed E-state index contributed by atoms with van der Waals surface area (Å²) in [4.78, 5) is 0. The van der Waals surface area contributed by atoms with Gasteiger partial charge in [0.2, 0.25) is 0 Å². The van der Waals surface area contributed by atoms with Crippen LogP contribution in [0.2, 0.25) is 0 Å². The maximum atomic E-state index is 9.84. The molecule has 2 aromatic rings. The Kier molecular flexibility index (Phi) is 5.35. The Balaban J connectivity index is 2.58. The molecule has 2 nitrogen and oxygen atoms in total. The summed E-state index contributed by atoms with van der Waals surface area (Å²) in [7, 11) is 0. The van der Waals surface area contributed by atoms with Gasteiger partial charge in [-0.2, -0.15) is 0 Å². The first-order chi connectivity index (χ1) is 10.9. The Hall–Kier alpha value is -1.96. The van der Waals surface area contributed by atoms with Gasteiger partial charge in [-0.3, -0.25) is 0 Å². The van der Waals surface area contributed by atoms with E-state index in [0.29, 0.717) is 11.5 Å². The average molecular weight is 312 g/mol. The van der Waals surface area contributed by atoms with Gasteiger partial charge in [0.15, 0.2) is 0 Å². The zero-order valence-corrected chi connectivity index (χ0v) is 14.7. The molecule has 0 spiro atoms. The van der Waals surface area contributed by atoms with Crippen LogP contribution in [0.5, 0.6) is 11.5 Å². The fourth-order valence-corrected chi connectivity index (χ4v) is 3.48. The molecule has 0 heterocycles. The van der Waals surface area contributed by atoms with Gasteiger partial charge in [0.1, 0.15) is 11.5 Å². The van der Waals surface area contributed by atoms with Crippen molar-refractivity contribution < 1.29 is 10.2 Å². The van der Waals surface area contributed by atoms with Crippen LogP contribution in [0, 0.1) is 0 Å². The number of benzene rings is 2. The summed E-state index contributed by atoms with van der Waals surface area (Å²) < 4.78 is 0. The molecular formula is C21H28O2. The Morgan fingerprint density at radius 1 is 0.739 bits per heavy atom. The fraction of sp³-hybridized carbons (Fsp3) is 0.429. The van der Waals surface area contributed by atoms with Crippen LogP contribution < -0.4 is 0 Å². The number of aromatic hydroxyl groups is 2. The van der Waals surface area contributed by atoms with E-state index in [0.717, 1.165) is 25.7 Å². The molecule has 2 heteroatoms. The summed E-state index contributed by atoms with van der Waals surface area (Å²) in [6.45, 7) is 8.77. The van der Waals surface area contributed by atoms with Gasteiger partial charge in [0, 0.05) is 5.41 Å². The van der Waals surface area contributed by atoms with E-state index >= 15 is 0 Å². The van der Waals surface area contributed by atoms with Crippen molar-refractivity contribution in [2.45, 2.75) is 58.8 Å². The summed E-state index contributed by atoms with van der Waals surface area (Å²) in [6, 6.07) is 11.4. The number of rotatable bonds is 6. The first-order valence-electron chi connectivity index (χ1n) is 8.54. The maximum absolute atomic E-state index is 9.84. The van der Waals surface area contributed by atoms with Crippen LogP contribution in [-0.4, -0.2) is 10.2 Å². The second kappa shape index (κ2) is 7.08. The highest BCUT2D eigenvalue weighted by Crippen LogP contribution is 2.38. The van der Waals surface area contributed by atoms with Crippen molar-refractivity contribution in [1.82, 2.24) is 0 Å². The summed E-state index contributed by atoms with van der Waals surface area (Å²) in [5.74, 6) is 0.653. The zero-order chi connectivity index (χ0) is 17.0. The molecule has 0 aliphatic carbocycles. The number of aryl methyl sites for hydroxylation is 2. The van der Waals surface area contributed by atoms with Gasteiger partial charge in [-0.05, 0) is 59.4 Å². The van der Waals surface area contributed by atoms with E-state index in [-0.39, 0.29) is 5.41 Å². The average Bonchev–Trinajstić information content (AvgIpc) is 2.47. The quantitative estimate of drug-likeness (QED) is 0.757. The molecule has 0 aliphatic rings. The Morgan fingerprint density at radius 3 is 1.48 bits per heavy atom. The van der Waals surface area contributed by atoms with Crippen LogP contribution in [0.1, 0.15) is 62.8 Å². The lowest BCUT2D eigenvalue weighted by Gasteiger charge is -2.31. The highest BCUT2D eigenvalue weighted by atomic mass is 16.3. The van der Waals surface area contributed by atoms with E-state index in [9.17, 15) is 10.2 Å². The zero-order valence-electron chi connectivity index (χ0n) is 14.7. The van der Waals surface area contributed by atoms with Crippen LogP contribution in [0.4, 0.5) is 0 Å². The highest BCUT2D eigenvalue weighted by molar-refractivity contribution is 5.49. The molecule has 0 saturated carbocycles. The van der Waals surface area contributed by atoms with E-state index in [1.807, 2.05) is 24.3 Å². The number of phenolic OH excluding ortho intramolecular Hbond substituents is 2. The van der Waals surface area contributed by atoms with Crippen molar-refractivity contribution in [3.05, 3.63) is 58.7 Å². The van der Waals surface area contributed by atoms with E-state index in [2.05, 4.69) is 27.7 Å². The summed E-state index contributed by atoms with van der Waals surface area (Å²) in [5, 5.41) is 19.7. The smallest absolute Gasteiger partial charge is 0.115 e. The van der Waals surface area contributed by atoms with E-state index in [1.165, 1.54) is 22.3 Å². The molecule has 0 fully saturated rings. The van der Waals surface area contributed by atoms with E-state index < -0.39 is 0 Å². The SMILES string of the molecule is CCCc1cc(O)ccc1C(C)(C)c1ccc(O)cc1CCC.